The highest BCUT2D eigenvalue weighted by atomic mass is 35.5. The van der Waals surface area contributed by atoms with Crippen molar-refractivity contribution in [2.45, 2.75) is 16.7 Å². The molecule has 0 saturated carbocycles. The summed E-state index contributed by atoms with van der Waals surface area (Å²) in [6.45, 7) is 1.30. The molecule has 3 aromatic rings. The van der Waals surface area contributed by atoms with Crippen LogP contribution in [0, 0.1) is 0 Å². The molecule has 13 heteroatoms. The highest BCUT2D eigenvalue weighted by Crippen LogP contribution is 2.37. The van der Waals surface area contributed by atoms with Crippen LogP contribution in [0.4, 0.5) is 11.5 Å². The van der Waals surface area contributed by atoms with Gasteiger partial charge in [0.1, 0.15) is 21.1 Å². The lowest BCUT2D eigenvalue weighted by Crippen LogP contribution is -2.42. The number of hydrogen-bond acceptors (Lipinski definition) is 8. The minimum Gasteiger partial charge on any atom is -0.382 e. The minimum absolute atomic E-state index is 0.162. The standard InChI is InChI=1S/C19H19Cl2N5O3S3/c20-15-3-1-13(30-15)14-2-4-16(31-14)32(28,29)25-12-6-9-26(19(12)27)10-8-23-11-5-7-24-18(22)17(11)21/h1-5,7,12,25H,6,8-10H2,(H3,22,23,24)/t12-/m0/s1. The molecule has 170 valence electrons. The van der Waals surface area contributed by atoms with E-state index >= 15 is 0 Å². The number of likely N-dealkylation sites (tertiary alicyclic amines) is 1. The third kappa shape index (κ3) is 5.03. The van der Waals surface area contributed by atoms with Crippen molar-refractivity contribution in [2.24, 2.45) is 0 Å². The Morgan fingerprint density at radius 1 is 1.16 bits per heavy atom. The molecule has 32 heavy (non-hydrogen) atoms. The van der Waals surface area contributed by atoms with E-state index in [1.54, 1.807) is 35.4 Å². The number of carbonyl (C=O) groups is 1. The van der Waals surface area contributed by atoms with Crippen LogP contribution in [0.1, 0.15) is 6.42 Å². The van der Waals surface area contributed by atoms with Crippen LogP contribution in [0.5, 0.6) is 0 Å². The van der Waals surface area contributed by atoms with Gasteiger partial charge in [-0.2, -0.15) is 4.72 Å². The average Bonchev–Trinajstić information content (AvgIpc) is 3.47. The topological polar surface area (TPSA) is 117 Å². The molecule has 1 aliphatic heterocycles. The van der Waals surface area contributed by atoms with Crippen molar-refractivity contribution in [1.82, 2.24) is 14.6 Å². The number of thiophene rings is 2. The summed E-state index contributed by atoms with van der Waals surface area (Å²) in [4.78, 5) is 19.9. The van der Waals surface area contributed by atoms with Gasteiger partial charge in [0.25, 0.3) is 10.0 Å². The second-order valence-corrected chi connectivity index (χ2v) is 12.1. The zero-order chi connectivity index (χ0) is 22.9. The molecule has 1 atom stereocenters. The smallest absolute Gasteiger partial charge is 0.250 e. The van der Waals surface area contributed by atoms with Gasteiger partial charge in [-0.3, -0.25) is 4.79 Å². The molecule has 8 nitrogen and oxygen atoms in total. The van der Waals surface area contributed by atoms with Gasteiger partial charge in [0.2, 0.25) is 5.91 Å². The molecule has 0 spiro atoms. The second kappa shape index (κ2) is 9.54. The number of nitrogens with zero attached hydrogens (tertiary/aromatic N) is 2. The molecule has 1 fully saturated rings. The fourth-order valence-electron chi connectivity index (χ4n) is 3.28. The summed E-state index contributed by atoms with van der Waals surface area (Å²) in [6, 6.07) is 7.81. The van der Waals surface area contributed by atoms with E-state index in [0.717, 1.165) is 21.1 Å². The van der Waals surface area contributed by atoms with Gasteiger partial charge >= 0.3 is 0 Å². The Kier molecular flexibility index (Phi) is 6.94. The van der Waals surface area contributed by atoms with Crippen LogP contribution in [0.25, 0.3) is 9.75 Å². The van der Waals surface area contributed by atoms with Crippen LogP contribution in [0.15, 0.2) is 40.7 Å². The Morgan fingerprint density at radius 3 is 2.66 bits per heavy atom. The maximum absolute atomic E-state index is 12.8. The normalized spacial score (nSPS) is 16.6. The summed E-state index contributed by atoms with van der Waals surface area (Å²) >= 11 is 14.6. The summed E-state index contributed by atoms with van der Waals surface area (Å²) in [6.07, 6.45) is 1.94. The first-order valence-electron chi connectivity index (χ1n) is 9.55. The van der Waals surface area contributed by atoms with Gasteiger partial charge in [0.15, 0.2) is 0 Å². The molecule has 1 saturated heterocycles. The van der Waals surface area contributed by atoms with Crippen LogP contribution in [-0.4, -0.2) is 49.9 Å². The number of hydrogen-bond donors (Lipinski definition) is 3. The summed E-state index contributed by atoms with van der Waals surface area (Å²) in [5.74, 6) is -0.0279. The largest absolute Gasteiger partial charge is 0.382 e. The van der Waals surface area contributed by atoms with E-state index in [0.29, 0.717) is 41.1 Å². The first kappa shape index (κ1) is 23.3. The molecule has 0 aromatic carbocycles. The zero-order valence-electron chi connectivity index (χ0n) is 16.5. The van der Waals surface area contributed by atoms with Crippen molar-refractivity contribution in [3.8, 4) is 9.75 Å². The van der Waals surface area contributed by atoms with Gasteiger partial charge in [0, 0.05) is 35.6 Å². The van der Waals surface area contributed by atoms with Gasteiger partial charge in [0.05, 0.1) is 10.0 Å². The summed E-state index contributed by atoms with van der Waals surface area (Å²) in [5, 5.41) is 3.44. The van der Waals surface area contributed by atoms with Crippen LogP contribution in [0.3, 0.4) is 0 Å². The number of anilines is 2. The average molecular weight is 533 g/mol. The monoisotopic (exact) mass is 531 g/mol. The third-order valence-electron chi connectivity index (χ3n) is 4.87. The van der Waals surface area contributed by atoms with E-state index in [2.05, 4.69) is 15.0 Å². The fraction of sp³-hybridized carbons (Fsp3) is 0.263. The van der Waals surface area contributed by atoms with Gasteiger partial charge in [-0.25, -0.2) is 13.4 Å². The number of nitrogen functional groups attached to an aromatic ring is 1. The van der Waals surface area contributed by atoms with Crippen molar-refractivity contribution in [1.29, 1.82) is 0 Å². The van der Waals surface area contributed by atoms with E-state index in [4.69, 9.17) is 28.9 Å². The van der Waals surface area contributed by atoms with Crippen molar-refractivity contribution >= 4 is 73.3 Å². The maximum atomic E-state index is 12.8. The molecular weight excluding hydrogens is 513 g/mol. The number of carbonyl (C=O) groups excluding carboxylic acids is 1. The van der Waals surface area contributed by atoms with Crippen LogP contribution >= 0.6 is 45.9 Å². The lowest BCUT2D eigenvalue weighted by Gasteiger charge is -2.18. The number of aromatic nitrogens is 1. The number of amides is 1. The molecule has 4 N–H and O–H groups in total. The van der Waals surface area contributed by atoms with E-state index in [9.17, 15) is 13.2 Å². The molecule has 3 aromatic heterocycles. The lowest BCUT2D eigenvalue weighted by atomic mass is 10.3. The number of pyridine rings is 1. The van der Waals surface area contributed by atoms with E-state index in [1.165, 1.54) is 11.3 Å². The maximum Gasteiger partial charge on any atom is 0.250 e. The first-order chi connectivity index (χ1) is 15.2. The predicted octanol–water partition coefficient (Wildman–Crippen LogP) is 3.75. The second-order valence-electron chi connectivity index (χ2n) is 6.99. The van der Waals surface area contributed by atoms with Crippen molar-refractivity contribution in [2.75, 3.05) is 30.7 Å². The van der Waals surface area contributed by atoms with E-state index < -0.39 is 16.1 Å². The predicted molar refractivity (Wildman–Crippen MR) is 130 cm³/mol. The quantitative estimate of drug-likeness (QED) is 0.407. The Labute approximate surface area is 203 Å². The highest BCUT2D eigenvalue weighted by molar-refractivity contribution is 7.91. The molecule has 1 amide bonds. The van der Waals surface area contributed by atoms with Crippen LogP contribution in [0.2, 0.25) is 9.36 Å². The molecule has 4 heterocycles. The third-order valence-corrected chi connectivity index (χ3v) is 9.74. The van der Waals surface area contributed by atoms with Gasteiger partial charge < -0.3 is 16.0 Å². The first-order valence-corrected chi connectivity index (χ1v) is 13.4. The minimum atomic E-state index is -3.82. The van der Waals surface area contributed by atoms with E-state index in [-0.39, 0.29) is 15.9 Å². The molecule has 4 rings (SSSR count). The fourth-order valence-corrected chi connectivity index (χ4v) is 7.14. The molecule has 0 bridgehead atoms. The lowest BCUT2D eigenvalue weighted by molar-refractivity contribution is -0.128. The molecule has 1 aliphatic rings. The Balaban J connectivity index is 1.34. The van der Waals surface area contributed by atoms with E-state index in [1.807, 2.05) is 6.07 Å². The number of rotatable bonds is 8. The van der Waals surface area contributed by atoms with Crippen LogP contribution < -0.4 is 15.8 Å². The summed E-state index contributed by atoms with van der Waals surface area (Å²) in [7, 11) is -3.82. The molecule has 0 unspecified atom stereocenters. The number of halogens is 2. The van der Waals surface area contributed by atoms with Gasteiger partial charge in [-0.1, -0.05) is 23.2 Å². The number of sulfonamides is 1. The van der Waals surface area contributed by atoms with Gasteiger partial charge in [-0.15, -0.1) is 22.7 Å². The van der Waals surface area contributed by atoms with Crippen molar-refractivity contribution in [3.63, 3.8) is 0 Å². The molecular formula is C19H19Cl2N5O3S3. The highest BCUT2D eigenvalue weighted by Gasteiger charge is 2.35. The Bertz CT molecular complexity index is 1240. The molecule has 0 radical (unpaired) electrons. The summed E-state index contributed by atoms with van der Waals surface area (Å²) < 4.78 is 29.0. The van der Waals surface area contributed by atoms with Crippen molar-refractivity contribution < 1.29 is 13.2 Å². The Morgan fingerprint density at radius 2 is 1.91 bits per heavy atom. The number of nitrogens with one attached hydrogen (secondary N) is 2. The SMILES string of the molecule is Nc1nccc(NCCN2CC[C@H](NS(=O)(=O)c3ccc(-c4ccc(Cl)s4)s3)C2=O)c1Cl. The molecule has 0 aliphatic carbocycles. The summed E-state index contributed by atoms with van der Waals surface area (Å²) in [5.41, 5.74) is 6.31. The van der Waals surface area contributed by atoms with Crippen LogP contribution in [-0.2, 0) is 14.8 Å². The Hall–Kier alpha value is -1.89. The van der Waals surface area contributed by atoms with Gasteiger partial charge in [-0.05, 0) is 36.8 Å². The number of nitrogens with two attached hydrogens (primary N) is 1. The van der Waals surface area contributed by atoms with Crippen molar-refractivity contribution in [3.05, 3.63) is 45.9 Å². The zero-order valence-corrected chi connectivity index (χ0v) is 20.5.